The second-order valence-corrected chi connectivity index (χ2v) is 10.1. The summed E-state index contributed by atoms with van der Waals surface area (Å²) in [5.74, 6) is -1.16. The van der Waals surface area contributed by atoms with Gasteiger partial charge >= 0.3 is 0 Å². The molecule has 0 amide bonds. The van der Waals surface area contributed by atoms with Crippen LogP contribution in [0.1, 0.15) is 50.0 Å². The lowest BCUT2D eigenvalue weighted by Crippen LogP contribution is -2.35. The fourth-order valence-corrected chi connectivity index (χ4v) is 5.20. The third kappa shape index (κ3) is 5.01. The monoisotopic (exact) mass is 507 g/mol. The second kappa shape index (κ2) is 10.1. The van der Waals surface area contributed by atoms with Crippen LogP contribution in [0.2, 0.25) is 0 Å². The molecule has 0 radical (unpaired) electrons. The summed E-state index contributed by atoms with van der Waals surface area (Å²) in [5, 5.41) is 20.0. The maximum atomic E-state index is 14.3. The molecule has 2 N–H and O–H groups in total. The number of hydrogen-bond donors (Lipinski definition) is 2. The van der Waals surface area contributed by atoms with Gasteiger partial charge in [-0.05, 0) is 91.9 Å². The maximum Gasteiger partial charge on any atom is 0.200 e. The maximum absolute atomic E-state index is 14.3. The Bertz CT molecular complexity index is 1310. The Labute approximate surface area is 215 Å². The molecule has 2 aliphatic rings. The minimum Gasteiger partial charge on any atom is -0.508 e. The van der Waals surface area contributed by atoms with Gasteiger partial charge in [0.15, 0.2) is 17.4 Å². The van der Waals surface area contributed by atoms with E-state index in [4.69, 9.17) is 9.47 Å². The number of benzene rings is 3. The lowest BCUT2D eigenvalue weighted by Gasteiger charge is -2.31. The Hall–Kier alpha value is -3.58. The minimum atomic E-state index is -1.30. The zero-order valence-electron chi connectivity index (χ0n) is 21.2. The van der Waals surface area contributed by atoms with E-state index >= 15 is 0 Å². The van der Waals surface area contributed by atoms with Crippen LogP contribution in [0.25, 0.3) is 11.1 Å². The fraction of sp³-hybridized carbons (Fsp3) is 0.333. The van der Waals surface area contributed by atoms with E-state index in [1.54, 1.807) is 12.1 Å². The third-order valence-electron chi connectivity index (χ3n) is 7.35. The number of hydrogen-bond acceptors (Lipinski definition) is 5. The van der Waals surface area contributed by atoms with Gasteiger partial charge in [-0.15, -0.1) is 0 Å². The summed E-state index contributed by atoms with van der Waals surface area (Å²) < 4.78 is 40.5. The highest BCUT2D eigenvalue weighted by Crippen LogP contribution is 2.48. The van der Waals surface area contributed by atoms with Crippen LogP contribution in [0.5, 0.6) is 23.0 Å². The molecule has 194 valence electrons. The first-order valence-electron chi connectivity index (χ1n) is 12.6. The average molecular weight is 508 g/mol. The van der Waals surface area contributed by atoms with Crippen molar-refractivity contribution in [2.45, 2.75) is 39.3 Å². The minimum absolute atomic E-state index is 0.0618. The van der Waals surface area contributed by atoms with Gasteiger partial charge in [-0.1, -0.05) is 19.1 Å². The predicted molar refractivity (Wildman–Crippen MR) is 139 cm³/mol. The van der Waals surface area contributed by atoms with Gasteiger partial charge in [-0.2, -0.15) is 4.39 Å². The number of phenols is 2. The number of likely N-dealkylation sites (tertiary alicyclic amines) is 1. The summed E-state index contributed by atoms with van der Waals surface area (Å²) in [7, 11) is 0. The Morgan fingerprint density at radius 1 is 1.08 bits per heavy atom. The molecule has 0 bridgehead atoms. The SMILES string of the molecule is CC1=C(c2cc(O)c(F)c(F)c2)C(c2ccc(OCC(C)N3CCC(C)C3)cc2)Oc2ccc(O)cc21. The predicted octanol–water partition coefficient (Wildman–Crippen LogP) is 6.55. The summed E-state index contributed by atoms with van der Waals surface area (Å²) in [6.07, 6.45) is 0.564. The van der Waals surface area contributed by atoms with Gasteiger partial charge in [0.25, 0.3) is 0 Å². The van der Waals surface area contributed by atoms with Gasteiger partial charge in [-0.25, -0.2) is 4.39 Å². The number of allylic oxidation sites excluding steroid dienone is 1. The highest BCUT2D eigenvalue weighted by molar-refractivity contribution is 5.96. The lowest BCUT2D eigenvalue weighted by atomic mass is 9.86. The molecule has 2 heterocycles. The van der Waals surface area contributed by atoms with E-state index in [2.05, 4.69) is 18.7 Å². The van der Waals surface area contributed by atoms with Crippen LogP contribution < -0.4 is 9.47 Å². The second-order valence-electron chi connectivity index (χ2n) is 10.1. The van der Waals surface area contributed by atoms with E-state index in [-0.39, 0.29) is 5.75 Å². The largest absolute Gasteiger partial charge is 0.508 e. The number of rotatable bonds is 6. The van der Waals surface area contributed by atoms with Crippen molar-refractivity contribution >= 4 is 11.1 Å². The van der Waals surface area contributed by atoms with E-state index in [1.165, 1.54) is 18.6 Å². The van der Waals surface area contributed by atoms with Gasteiger partial charge in [0.1, 0.15) is 30.0 Å². The fourth-order valence-electron chi connectivity index (χ4n) is 5.20. The zero-order chi connectivity index (χ0) is 26.3. The first-order chi connectivity index (χ1) is 17.7. The van der Waals surface area contributed by atoms with E-state index in [9.17, 15) is 19.0 Å². The highest BCUT2D eigenvalue weighted by Gasteiger charge is 2.31. The molecule has 2 aliphatic heterocycles. The van der Waals surface area contributed by atoms with Crippen molar-refractivity contribution in [3.05, 3.63) is 82.9 Å². The van der Waals surface area contributed by atoms with Crippen LogP contribution in [0.3, 0.4) is 0 Å². The first-order valence-corrected chi connectivity index (χ1v) is 12.6. The van der Waals surface area contributed by atoms with E-state index in [1.807, 2.05) is 31.2 Å². The van der Waals surface area contributed by atoms with Crippen LogP contribution in [0.15, 0.2) is 54.6 Å². The molecule has 0 aromatic heterocycles. The molecule has 0 saturated carbocycles. The van der Waals surface area contributed by atoms with Crippen molar-refractivity contribution < 1.29 is 28.5 Å². The smallest absolute Gasteiger partial charge is 0.200 e. The summed E-state index contributed by atoms with van der Waals surface area (Å²) in [5.41, 5.74) is 3.01. The Kier molecular flexibility index (Phi) is 6.82. The van der Waals surface area contributed by atoms with Crippen molar-refractivity contribution in [1.29, 1.82) is 0 Å². The highest BCUT2D eigenvalue weighted by atomic mass is 19.2. The van der Waals surface area contributed by atoms with E-state index < -0.39 is 23.5 Å². The van der Waals surface area contributed by atoms with Crippen molar-refractivity contribution in [2.24, 2.45) is 5.92 Å². The summed E-state index contributed by atoms with van der Waals surface area (Å²) in [6.45, 7) is 9.05. The molecule has 7 heteroatoms. The molecule has 3 aromatic carbocycles. The Balaban J connectivity index is 1.44. The van der Waals surface area contributed by atoms with Crippen molar-refractivity contribution in [3.63, 3.8) is 0 Å². The van der Waals surface area contributed by atoms with E-state index in [0.29, 0.717) is 41.0 Å². The topological polar surface area (TPSA) is 62.2 Å². The molecular formula is C30H31F2NO4. The molecule has 37 heavy (non-hydrogen) atoms. The van der Waals surface area contributed by atoms with Crippen LogP contribution in [0.4, 0.5) is 8.78 Å². The molecule has 1 fully saturated rings. The van der Waals surface area contributed by atoms with Crippen molar-refractivity contribution in [2.75, 3.05) is 19.7 Å². The van der Waals surface area contributed by atoms with Crippen LogP contribution in [-0.4, -0.2) is 40.9 Å². The van der Waals surface area contributed by atoms with Crippen molar-refractivity contribution in [1.82, 2.24) is 4.90 Å². The number of aromatic hydroxyl groups is 2. The quantitative estimate of drug-likeness (QED) is 0.396. The molecular weight excluding hydrogens is 476 g/mol. The molecule has 3 atom stereocenters. The average Bonchev–Trinajstić information content (AvgIpc) is 3.32. The summed E-state index contributed by atoms with van der Waals surface area (Å²) in [6, 6.07) is 14.9. The Morgan fingerprint density at radius 3 is 2.51 bits per heavy atom. The normalized spacial score (nSPS) is 20.5. The number of fused-ring (bicyclic) bond motifs is 1. The summed E-state index contributed by atoms with van der Waals surface area (Å²) >= 11 is 0. The number of halogens is 2. The molecule has 3 unspecified atom stereocenters. The molecule has 5 nitrogen and oxygen atoms in total. The van der Waals surface area contributed by atoms with Gasteiger partial charge in [-0.3, -0.25) is 4.90 Å². The lowest BCUT2D eigenvalue weighted by molar-refractivity contribution is 0.169. The molecule has 3 aromatic rings. The number of phenolic OH excluding ortho intramolecular Hbond substituents is 2. The molecule has 0 spiro atoms. The van der Waals surface area contributed by atoms with Gasteiger partial charge in [0.05, 0.1) is 0 Å². The van der Waals surface area contributed by atoms with E-state index in [0.717, 1.165) is 36.0 Å². The summed E-state index contributed by atoms with van der Waals surface area (Å²) in [4.78, 5) is 2.45. The van der Waals surface area contributed by atoms with Crippen molar-refractivity contribution in [3.8, 4) is 23.0 Å². The zero-order valence-corrected chi connectivity index (χ0v) is 21.2. The third-order valence-corrected chi connectivity index (χ3v) is 7.35. The molecule has 5 rings (SSSR count). The van der Waals surface area contributed by atoms with Crippen LogP contribution >= 0.6 is 0 Å². The standard InChI is InChI=1S/C30H31F2NO4/c1-17-10-11-33(15-17)18(2)16-36-23-7-4-20(5-8-23)30-28(21-12-25(31)29(32)26(35)13-21)19(3)24-14-22(34)6-9-27(24)37-30/h4-9,12-14,17-18,30,34-35H,10-11,15-16H2,1-3H3. The van der Waals surface area contributed by atoms with Gasteiger partial charge in [0.2, 0.25) is 0 Å². The first kappa shape index (κ1) is 25.1. The molecule has 1 saturated heterocycles. The van der Waals surface area contributed by atoms with Crippen LogP contribution in [0, 0.1) is 17.6 Å². The van der Waals surface area contributed by atoms with Gasteiger partial charge < -0.3 is 19.7 Å². The molecule has 0 aliphatic carbocycles. The number of nitrogens with zero attached hydrogens (tertiary/aromatic N) is 1. The number of ether oxygens (including phenoxy) is 2. The van der Waals surface area contributed by atoms with Gasteiger partial charge in [0, 0.05) is 23.7 Å². The van der Waals surface area contributed by atoms with Crippen LogP contribution in [-0.2, 0) is 0 Å². The Morgan fingerprint density at radius 2 is 1.84 bits per heavy atom.